The van der Waals surface area contributed by atoms with Gasteiger partial charge in [0, 0.05) is 29.6 Å². The molecule has 3 aromatic rings. The predicted molar refractivity (Wildman–Crippen MR) is 143 cm³/mol. The number of hydrogen-bond acceptors (Lipinski definition) is 7. The third-order valence-electron chi connectivity index (χ3n) is 6.41. The average Bonchev–Trinajstić information content (AvgIpc) is 3.68. The molecule has 0 aromatic heterocycles. The zero-order valence-electron chi connectivity index (χ0n) is 21.1. The van der Waals surface area contributed by atoms with Gasteiger partial charge in [0.1, 0.15) is 34.0 Å². The van der Waals surface area contributed by atoms with E-state index in [9.17, 15) is 13.2 Å². The van der Waals surface area contributed by atoms with Crippen molar-refractivity contribution in [1.82, 2.24) is 0 Å². The van der Waals surface area contributed by atoms with Gasteiger partial charge in [0.2, 0.25) is 0 Å². The van der Waals surface area contributed by atoms with Gasteiger partial charge in [-0.25, -0.2) is 13.2 Å². The quantitative estimate of drug-likeness (QED) is 0.286. The fourth-order valence-electron chi connectivity index (χ4n) is 4.45. The van der Waals surface area contributed by atoms with Gasteiger partial charge in [-0.2, -0.15) is 0 Å². The predicted octanol–water partition coefficient (Wildman–Crippen LogP) is 5.30. The number of rotatable bonds is 10. The first kappa shape index (κ1) is 25.1. The molecule has 8 heteroatoms. The molecular formula is C29H31NO6S. The molecule has 0 bridgehead atoms. The van der Waals surface area contributed by atoms with Gasteiger partial charge in [-0.1, -0.05) is 12.1 Å². The molecule has 1 heterocycles. The van der Waals surface area contributed by atoms with E-state index in [0.717, 1.165) is 57.8 Å². The second-order valence-electron chi connectivity index (χ2n) is 9.76. The third kappa shape index (κ3) is 6.43. The summed E-state index contributed by atoms with van der Waals surface area (Å²) in [6.45, 7) is 3.43. The highest BCUT2D eigenvalue weighted by molar-refractivity contribution is 7.90. The molecule has 7 nitrogen and oxygen atoms in total. The van der Waals surface area contributed by atoms with Crippen LogP contribution in [0.1, 0.15) is 46.3 Å². The summed E-state index contributed by atoms with van der Waals surface area (Å²) in [6.07, 6.45) is 3.67. The minimum atomic E-state index is -3.00. The van der Waals surface area contributed by atoms with Crippen molar-refractivity contribution in [3.8, 4) is 22.6 Å². The number of carbonyl (C=O) groups is 1. The molecule has 1 aliphatic heterocycles. The van der Waals surface area contributed by atoms with Crippen molar-refractivity contribution in [3.63, 3.8) is 0 Å². The van der Waals surface area contributed by atoms with E-state index in [-0.39, 0.29) is 17.8 Å². The SMILES string of the molecule is Cc1cc(OCCCS(C)(=O)=O)cc2c1-c1cc(CNc3cccc(C(=O)OC4CC4)c3)ccc1OC2. The van der Waals surface area contributed by atoms with Gasteiger partial charge < -0.3 is 19.5 Å². The van der Waals surface area contributed by atoms with Crippen molar-refractivity contribution in [2.24, 2.45) is 0 Å². The zero-order chi connectivity index (χ0) is 26.0. The van der Waals surface area contributed by atoms with Gasteiger partial charge in [0.25, 0.3) is 0 Å². The maximum absolute atomic E-state index is 12.3. The van der Waals surface area contributed by atoms with Crippen molar-refractivity contribution in [2.75, 3.05) is 23.9 Å². The Bertz CT molecular complexity index is 1430. The van der Waals surface area contributed by atoms with Gasteiger partial charge in [-0.15, -0.1) is 0 Å². The molecule has 0 atom stereocenters. The molecule has 5 rings (SSSR count). The Hall–Kier alpha value is -3.52. The van der Waals surface area contributed by atoms with Crippen molar-refractivity contribution >= 4 is 21.5 Å². The number of fused-ring (bicyclic) bond motifs is 3. The number of hydrogen-bond donors (Lipinski definition) is 1. The van der Waals surface area contributed by atoms with Crippen LogP contribution in [0.5, 0.6) is 11.5 Å². The van der Waals surface area contributed by atoms with E-state index in [1.165, 1.54) is 6.26 Å². The molecule has 1 saturated carbocycles. The lowest BCUT2D eigenvalue weighted by Crippen LogP contribution is -2.10. The summed E-state index contributed by atoms with van der Waals surface area (Å²) in [4.78, 5) is 12.3. The van der Waals surface area contributed by atoms with E-state index in [2.05, 4.69) is 18.3 Å². The smallest absolute Gasteiger partial charge is 0.338 e. The van der Waals surface area contributed by atoms with Crippen molar-refractivity contribution in [3.05, 3.63) is 76.9 Å². The number of anilines is 1. The van der Waals surface area contributed by atoms with Gasteiger partial charge in [-0.05, 0) is 85.3 Å². The Kier molecular flexibility index (Phi) is 7.11. The first-order valence-electron chi connectivity index (χ1n) is 12.5. The largest absolute Gasteiger partial charge is 0.494 e. The first-order chi connectivity index (χ1) is 17.7. The molecule has 3 aromatic carbocycles. The number of aryl methyl sites for hydroxylation is 1. The standard InChI is InChI=1S/C29H31NO6S/c1-19-13-25(34-11-4-12-37(2,32)33)16-22-18-35-27-10-7-20(14-26(27)28(19)22)17-30-23-6-3-5-21(15-23)29(31)36-24-8-9-24/h3,5-7,10,13-16,24,30H,4,8-9,11-12,17-18H2,1-2H3. The molecule has 0 unspecified atom stereocenters. The Morgan fingerprint density at radius 3 is 2.73 bits per heavy atom. The lowest BCUT2D eigenvalue weighted by atomic mass is 9.91. The Balaban J connectivity index is 1.28. The number of sulfone groups is 1. The second kappa shape index (κ2) is 10.5. The molecule has 2 aliphatic rings. The molecule has 1 N–H and O–H groups in total. The Labute approximate surface area is 217 Å². The molecule has 1 fully saturated rings. The highest BCUT2D eigenvalue weighted by Gasteiger charge is 2.26. The van der Waals surface area contributed by atoms with Crippen LogP contribution in [-0.4, -0.2) is 39.1 Å². The second-order valence-corrected chi connectivity index (χ2v) is 12.0. The van der Waals surface area contributed by atoms with Crippen LogP contribution in [0.3, 0.4) is 0 Å². The molecule has 194 valence electrons. The van der Waals surface area contributed by atoms with Crippen LogP contribution >= 0.6 is 0 Å². The summed E-state index contributed by atoms with van der Waals surface area (Å²) in [5.74, 6) is 1.39. The highest BCUT2D eigenvalue weighted by Crippen LogP contribution is 2.41. The van der Waals surface area contributed by atoms with Gasteiger partial charge in [-0.3, -0.25) is 0 Å². The Morgan fingerprint density at radius 2 is 1.95 bits per heavy atom. The van der Waals surface area contributed by atoms with Crippen LogP contribution in [0.2, 0.25) is 0 Å². The molecular weight excluding hydrogens is 490 g/mol. The average molecular weight is 522 g/mol. The summed E-state index contributed by atoms with van der Waals surface area (Å²) in [6, 6.07) is 17.5. The number of esters is 1. The topological polar surface area (TPSA) is 90.9 Å². The van der Waals surface area contributed by atoms with Gasteiger partial charge in [0.05, 0.1) is 17.9 Å². The summed E-state index contributed by atoms with van der Waals surface area (Å²) in [5, 5.41) is 3.41. The first-order valence-corrected chi connectivity index (χ1v) is 14.6. The third-order valence-corrected chi connectivity index (χ3v) is 7.44. The minimum absolute atomic E-state index is 0.0793. The molecule has 0 spiro atoms. The van der Waals surface area contributed by atoms with Crippen molar-refractivity contribution in [2.45, 2.75) is 45.4 Å². The van der Waals surface area contributed by atoms with Crippen LogP contribution in [0.15, 0.2) is 54.6 Å². The van der Waals surface area contributed by atoms with Crippen molar-refractivity contribution < 1.29 is 27.4 Å². The lowest BCUT2D eigenvalue weighted by Gasteiger charge is -2.24. The summed E-state index contributed by atoms with van der Waals surface area (Å²) < 4.78 is 39.9. The molecule has 0 radical (unpaired) electrons. The highest BCUT2D eigenvalue weighted by atomic mass is 32.2. The van der Waals surface area contributed by atoms with E-state index in [0.29, 0.717) is 31.7 Å². The van der Waals surface area contributed by atoms with Gasteiger partial charge >= 0.3 is 5.97 Å². The maximum atomic E-state index is 12.3. The van der Waals surface area contributed by atoms with Crippen LogP contribution in [-0.2, 0) is 27.7 Å². The van der Waals surface area contributed by atoms with E-state index < -0.39 is 9.84 Å². The molecule has 1 aliphatic carbocycles. The molecule has 0 amide bonds. The molecule has 37 heavy (non-hydrogen) atoms. The summed E-state index contributed by atoms with van der Waals surface area (Å²) in [7, 11) is -3.00. The van der Waals surface area contributed by atoms with E-state index in [1.54, 1.807) is 6.07 Å². The fraction of sp³-hybridized carbons (Fsp3) is 0.345. The van der Waals surface area contributed by atoms with E-state index in [4.69, 9.17) is 14.2 Å². The monoisotopic (exact) mass is 521 g/mol. The number of benzene rings is 3. The van der Waals surface area contributed by atoms with Crippen LogP contribution in [0.25, 0.3) is 11.1 Å². The summed E-state index contributed by atoms with van der Waals surface area (Å²) in [5.41, 5.74) is 6.77. The van der Waals surface area contributed by atoms with E-state index >= 15 is 0 Å². The van der Waals surface area contributed by atoms with E-state index in [1.807, 2.05) is 42.5 Å². The van der Waals surface area contributed by atoms with Crippen LogP contribution in [0, 0.1) is 6.92 Å². The van der Waals surface area contributed by atoms with Crippen LogP contribution in [0.4, 0.5) is 5.69 Å². The van der Waals surface area contributed by atoms with Crippen LogP contribution < -0.4 is 14.8 Å². The Morgan fingerprint density at radius 1 is 1.11 bits per heavy atom. The zero-order valence-corrected chi connectivity index (χ0v) is 21.9. The maximum Gasteiger partial charge on any atom is 0.338 e. The van der Waals surface area contributed by atoms with Crippen molar-refractivity contribution in [1.29, 1.82) is 0 Å². The summed E-state index contributed by atoms with van der Waals surface area (Å²) >= 11 is 0. The fourth-order valence-corrected chi connectivity index (χ4v) is 5.09. The normalized spacial score (nSPS) is 14.2. The lowest BCUT2D eigenvalue weighted by molar-refractivity contribution is 0.0472. The number of nitrogens with one attached hydrogen (secondary N) is 1. The number of carbonyl (C=O) groups excluding carboxylic acids is 1. The minimum Gasteiger partial charge on any atom is -0.494 e. The molecule has 0 saturated heterocycles. The van der Waals surface area contributed by atoms with Gasteiger partial charge in [0.15, 0.2) is 0 Å². The number of ether oxygens (including phenoxy) is 3.